The van der Waals surface area contributed by atoms with Crippen molar-refractivity contribution in [2.45, 2.75) is 30.3 Å². The molecule has 1 aliphatic rings. The van der Waals surface area contributed by atoms with Gasteiger partial charge in [0.2, 0.25) is 5.91 Å². The van der Waals surface area contributed by atoms with E-state index in [0.29, 0.717) is 6.42 Å². The Kier molecular flexibility index (Phi) is 5.78. The van der Waals surface area contributed by atoms with Crippen LogP contribution in [0.15, 0.2) is 71.6 Å². The average Bonchev–Trinajstić information content (AvgIpc) is 2.80. The second-order valence-electron chi connectivity index (χ2n) is 7.61. The van der Waals surface area contributed by atoms with E-state index in [0.717, 1.165) is 21.9 Å². The highest BCUT2D eigenvalue weighted by Gasteiger charge is 2.35. The fraction of sp³-hybridized carbons (Fsp3) is 0.250. The molecule has 0 N–H and O–H groups in total. The SMILES string of the molecule is COC(=O)[C@H]1Cc2ccccc2CN1C(=O)CCS(=O)(=O)c1ccc2ccccc2c1. The van der Waals surface area contributed by atoms with E-state index in [4.69, 9.17) is 4.74 Å². The Morgan fingerprint density at radius 1 is 0.968 bits per heavy atom. The summed E-state index contributed by atoms with van der Waals surface area (Å²) in [5.74, 6) is -1.20. The Morgan fingerprint density at radius 2 is 1.65 bits per heavy atom. The van der Waals surface area contributed by atoms with Gasteiger partial charge in [0.15, 0.2) is 9.84 Å². The first-order valence-corrected chi connectivity index (χ1v) is 11.7. The molecule has 1 atom stereocenters. The van der Waals surface area contributed by atoms with Crippen LogP contribution in [0.2, 0.25) is 0 Å². The standard InChI is InChI=1S/C24H23NO5S/c1-30-24(27)22-15-19-8-4-5-9-20(19)16-25(22)23(26)12-13-31(28,29)21-11-10-17-6-2-3-7-18(17)14-21/h2-11,14,22H,12-13,15-16H2,1H3/t22-/m1/s1. The minimum atomic E-state index is -3.65. The first-order chi connectivity index (χ1) is 14.9. The molecule has 160 valence electrons. The van der Waals surface area contributed by atoms with Gasteiger partial charge in [-0.05, 0) is 34.0 Å². The average molecular weight is 438 g/mol. The Morgan fingerprint density at radius 3 is 2.39 bits per heavy atom. The van der Waals surface area contributed by atoms with Crippen LogP contribution in [-0.4, -0.2) is 44.1 Å². The van der Waals surface area contributed by atoms with Gasteiger partial charge in [0.1, 0.15) is 6.04 Å². The van der Waals surface area contributed by atoms with Crippen LogP contribution < -0.4 is 0 Å². The third-order valence-electron chi connectivity index (χ3n) is 5.71. The molecule has 0 aliphatic carbocycles. The molecule has 0 fully saturated rings. The largest absolute Gasteiger partial charge is 0.467 e. The van der Waals surface area contributed by atoms with Crippen molar-refractivity contribution in [1.82, 2.24) is 4.90 Å². The Bertz CT molecular complexity index is 1250. The van der Waals surface area contributed by atoms with Gasteiger partial charge < -0.3 is 9.64 Å². The number of ether oxygens (including phenoxy) is 1. The van der Waals surface area contributed by atoms with Crippen LogP contribution in [0.5, 0.6) is 0 Å². The van der Waals surface area contributed by atoms with Gasteiger partial charge in [-0.1, -0.05) is 54.6 Å². The molecular formula is C24H23NO5S. The van der Waals surface area contributed by atoms with Crippen molar-refractivity contribution < 1.29 is 22.7 Å². The summed E-state index contributed by atoms with van der Waals surface area (Å²) in [5.41, 5.74) is 1.94. The van der Waals surface area contributed by atoms with Crippen LogP contribution in [-0.2, 0) is 37.1 Å². The predicted molar refractivity (Wildman–Crippen MR) is 117 cm³/mol. The molecule has 0 saturated carbocycles. The predicted octanol–water partition coefficient (Wildman–Crippen LogP) is 3.13. The number of carbonyl (C=O) groups is 2. The van der Waals surface area contributed by atoms with E-state index < -0.39 is 21.8 Å². The number of benzene rings is 3. The van der Waals surface area contributed by atoms with E-state index in [9.17, 15) is 18.0 Å². The molecule has 0 radical (unpaired) electrons. The number of hydrogen-bond donors (Lipinski definition) is 0. The van der Waals surface area contributed by atoms with Crippen LogP contribution in [0.25, 0.3) is 10.8 Å². The highest BCUT2D eigenvalue weighted by Crippen LogP contribution is 2.26. The number of fused-ring (bicyclic) bond motifs is 2. The zero-order valence-corrected chi connectivity index (χ0v) is 18.0. The summed E-state index contributed by atoms with van der Waals surface area (Å²) >= 11 is 0. The number of methoxy groups -OCH3 is 1. The second kappa shape index (κ2) is 8.51. The lowest BCUT2D eigenvalue weighted by molar-refractivity contribution is -0.153. The Labute approximate surface area is 181 Å². The zero-order valence-electron chi connectivity index (χ0n) is 17.2. The first kappa shape index (κ1) is 21.1. The van der Waals surface area contributed by atoms with Crippen molar-refractivity contribution in [3.8, 4) is 0 Å². The minimum Gasteiger partial charge on any atom is -0.467 e. The van der Waals surface area contributed by atoms with Crippen LogP contribution in [0.3, 0.4) is 0 Å². The van der Waals surface area contributed by atoms with Crippen LogP contribution in [0.4, 0.5) is 0 Å². The maximum Gasteiger partial charge on any atom is 0.328 e. The molecule has 0 spiro atoms. The van der Waals surface area contributed by atoms with Gasteiger partial charge in [0, 0.05) is 19.4 Å². The van der Waals surface area contributed by atoms with Crippen molar-refractivity contribution in [2.24, 2.45) is 0 Å². The summed E-state index contributed by atoms with van der Waals surface area (Å²) in [6.07, 6.45) is 0.150. The van der Waals surface area contributed by atoms with Gasteiger partial charge in [0.05, 0.1) is 17.8 Å². The van der Waals surface area contributed by atoms with Gasteiger partial charge in [-0.15, -0.1) is 0 Å². The molecule has 0 saturated heterocycles. The summed E-state index contributed by atoms with van der Waals surface area (Å²) in [5, 5.41) is 1.78. The molecule has 1 amide bonds. The van der Waals surface area contributed by atoms with Gasteiger partial charge in [-0.25, -0.2) is 13.2 Å². The van der Waals surface area contributed by atoms with Gasteiger partial charge >= 0.3 is 5.97 Å². The second-order valence-corrected chi connectivity index (χ2v) is 9.72. The van der Waals surface area contributed by atoms with Crippen molar-refractivity contribution >= 4 is 32.5 Å². The lowest BCUT2D eigenvalue weighted by atomic mass is 9.93. The van der Waals surface area contributed by atoms with Crippen molar-refractivity contribution in [1.29, 1.82) is 0 Å². The summed E-state index contributed by atoms with van der Waals surface area (Å²) < 4.78 is 30.6. The van der Waals surface area contributed by atoms with E-state index in [2.05, 4.69) is 0 Å². The maximum atomic E-state index is 13.0. The number of esters is 1. The molecule has 1 heterocycles. The van der Waals surface area contributed by atoms with Gasteiger partial charge in [0.25, 0.3) is 0 Å². The highest BCUT2D eigenvalue weighted by atomic mass is 32.2. The van der Waals surface area contributed by atoms with Crippen molar-refractivity contribution in [2.75, 3.05) is 12.9 Å². The monoisotopic (exact) mass is 437 g/mol. The van der Waals surface area contributed by atoms with Gasteiger partial charge in [-0.2, -0.15) is 0 Å². The molecule has 0 aromatic heterocycles. The topological polar surface area (TPSA) is 80.8 Å². The number of sulfone groups is 1. The fourth-order valence-corrected chi connectivity index (χ4v) is 5.24. The normalized spacial score (nSPS) is 16.0. The van der Waals surface area contributed by atoms with E-state index >= 15 is 0 Å². The highest BCUT2D eigenvalue weighted by molar-refractivity contribution is 7.91. The Hall–Kier alpha value is -3.19. The smallest absolute Gasteiger partial charge is 0.328 e. The molecule has 7 heteroatoms. The number of hydrogen-bond acceptors (Lipinski definition) is 5. The summed E-state index contributed by atoms with van der Waals surface area (Å²) in [4.78, 5) is 26.9. The molecule has 31 heavy (non-hydrogen) atoms. The number of amides is 1. The third kappa shape index (κ3) is 4.32. The van der Waals surface area contributed by atoms with Crippen LogP contribution in [0, 0.1) is 0 Å². The molecule has 0 bridgehead atoms. The lowest BCUT2D eigenvalue weighted by Crippen LogP contribution is -2.49. The molecular weight excluding hydrogens is 414 g/mol. The van der Waals surface area contributed by atoms with Gasteiger partial charge in [-0.3, -0.25) is 4.79 Å². The first-order valence-electron chi connectivity index (χ1n) is 10.0. The lowest BCUT2D eigenvalue weighted by Gasteiger charge is -2.35. The van der Waals surface area contributed by atoms with Crippen LogP contribution in [0.1, 0.15) is 17.5 Å². The quantitative estimate of drug-likeness (QED) is 0.573. The van der Waals surface area contributed by atoms with E-state index in [1.54, 1.807) is 18.2 Å². The number of nitrogens with zero attached hydrogens (tertiary/aromatic N) is 1. The van der Waals surface area contributed by atoms with Crippen molar-refractivity contribution in [3.63, 3.8) is 0 Å². The summed E-state index contributed by atoms with van der Waals surface area (Å²) in [7, 11) is -2.37. The molecule has 3 aromatic rings. The third-order valence-corrected chi connectivity index (χ3v) is 7.42. The fourth-order valence-electron chi connectivity index (χ4n) is 3.98. The van der Waals surface area contributed by atoms with E-state index in [-0.39, 0.29) is 29.5 Å². The number of carbonyl (C=O) groups excluding carboxylic acids is 2. The van der Waals surface area contributed by atoms with Crippen LogP contribution >= 0.6 is 0 Å². The minimum absolute atomic E-state index is 0.188. The zero-order chi connectivity index (χ0) is 22.0. The summed E-state index contributed by atoms with van der Waals surface area (Å²) in [6, 6.07) is 19.3. The summed E-state index contributed by atoms with van der Waals surface area (Å²) in [6.45, 7) is 0.255. The van der Waals surface area contributed by atoms with E-state index in [1.807, 2.05) is 48.5 Å². The molecule has 3 aromatic carbocycles. The van der Waals surface area contributed by atoms with E-state index in [1.165, 1.54) is 12.0 Å². The molecule has 6 nitrogen and oxygen atoms in total. The van der Waals surface area contributed by atoms with Crippen molar-refractivity contribution in [3.05, 3.63) is 77.9 Å². The molecule has 4 rings (SSSR count). The maximum absolute atomic E-state index is 13.0. The number of rotatable bonds is 5. The molecule has 1 aliphatic heterocycles. The Balaban J connectivity index is 1.52. The molecule has 0 unspecified atom stereocenters.